The van der Waals surface area contributed by atoms with E-state index in [1.165, 1.54) is 70.6 Å². The first kappa shape index (κ1) is 14.5. The van der Waals surface area contributed by atoms with Crippen LogP contribution in [0.1, 0.15) is 70.6 Å². The van der Waals surface area contributed by atoms with Gasteiger partial charge in [-0.2, -0.15) is 0 Å². The number of hydrogen-bond acceptors (Lipinski definition) is 0. The van der Waals surface area contributed by atoms with Gasteiger partial charge in [-0.1, -0.05) is 48.1 Å². The zero-order chi connectivity index (χ0) is 14.9. The van der Waals surface area contributed by atoms with Crippen LogP contribution < -0.4 is 0 Å². The van der Waals surface area contributed by atoms with Crippen LogP contribution in [0, 0.1) is 16.7 Å². The van der Waals surface area contributed by atoms with E-state index in [9.17, 15) is 0 Å². The average molecular weight is 293 g/mol. The molecule has 0 saturated carbocycles. The van der Waals surface area contributed by atoms with E-state index in [0.717, 1.165) is 0 Å². The summed E-state index contributed by atoms with van der Waals surface area (Å²) in [5.74, 6) is 1.85. The largest absolute Gasteiger partial charge is 0.0885 e. The van der Waals surface area contributed by atoms with E-state index in [0.29, 0.717) is 10.8 Å². The molecule has 1 atom stereocenters. The molecular formula is C22H29. The first-order valence-electron chi connectivity index (χ1n) is 9.36. The second-order valence-electron chi connectivity index (χ2n) is 7.81. The van der Waals surface area contributed by atoms with Crippen LogP contribution in [0.5, 0.6) is 0 Å². The van der Waals surface area contributed by atoms with Crippen LogP contribution in [0.3, 0.4) is 0 Å². The van der Waals surface area contributed by atoms with Crippen molar-refractivity contribution in [2.75, 3.05) is 0 Å². The van der Waals surface area contributed by atoms with Gasteiger partial charge in [-0.05, 0) is 87.4 Å². The molecule has 0 heteroatoms. The van der Waals surface area contributed by atoms with Gasteiger partial charge in [0, 0.05) is 0 Å². The molecule has 4 rings (SSSR count). The number of allylic oxidation sites excluding steroid dienone is 8. The second-order valence-corrected chi connectivity index (χ2v) is 7.81. The van der Waals surface area contributed by atoms with Crippen molar-refractivity contribution < 1.29 is 0 Å². The summed E-state index contributed by atoms with van der Waals surface area (Å²) in [6.07, 6.45) is 31.9. The molecule has 22 heavy (non-hydrogen) atoms. The summed E-state index contributed by atoms with van der Waals surface area (Å²) < 4.78 is 0. The molecule has 0 amide bonds. The van der Waals surface area contributed by atoms with Crippen molar-refractivity contribution in [1.29, 1.82) is 0 Å². The first-order valence-corrected chi connectivity index (χ1v) is 9.36. The standard InChI is InChI=1S/C22H29/c1-2-12-20(13-3-1)22(16-8-9-17-22)21(14-6-7-15-21)18-19-10-4-5-11-19/h1-2,6,8-10,14H,3-5,7,11-13,15-18H2. The Balaban J connectivity index is 1.68. The lowest BCUT2D eigenvalue weighted by molar-refractivity contribution is 0.0962. The maximum absolute atomic E-state index is 2.64. The molecule has 0 aliphatic heterocycles. The minimum absolute atomic E-state index is 0.410. The third-order valence-corrected chi connectivity index (χ3v) is 6.74. The minimum Gasteiger partial charge on any atom is -0.0885 e. The highest BCUT2D eigenvalue weighted by atomic mass is 14.6. The van der Waals surface area contributed by atoms with Crippen LogP contribution >= 0.6 is 0 Å². The van der Waals surface area contributed by atoms with Crippen LogP contribution in [0.15, 0.2) is 48.1 Å². The molecule has 0 bridgehead atoms. The van der Waals surface area contributed by atoms with E-state index in [2.05, 4.69) is 42.5 Å². The van der Waals surface area contributed by atoms with Crippen molar-refractivity contribution in [3.05, 3.63) is 54.0 Å². The molecule has 0 spiro atoms. The summed E-state index contributed by atoms with van der Waals surface area (Å²) in [7, 11) is 0. The Morgan fingerprint density at radius 3 is 2.41 bits per heavy atom. The summed E-state index contributed by atoms with van der Waals surface area (Å²) in [6.45, 7) is 0. The van der Waals surface area contributed by atoms with Crippen molar-refractivity contribution in [2.24, 2.45) is 10.8 Å². The Labute approximate surface area is 136 Å². The summed E-state index contributed by atoms with van der Waals surface area (Å²) >= 11 is 0. The van der Waals surface area contributed by atoms with Crippen LogP contribution in [0.25, 0.3) is 0 Å². The van der Waals surface area contributed by atoms with Gasteiger partial charge in [0.15, 0.2) is 0 Å². The third kappa shape index (κ3) is 2.27. The van der Waals surface area contributed by atoms with Gasteiger partial charge in [0.1, 0.15) is 0 Å². The van der Waals surface area contributed by atoms with Gasteiger partial charge in [0.25, 0.3) is 0 Å². The van der Waals surface area contributed by atoms with E-state index < -0.39 is 0 Å². The Kier molecular flexibility index (Phi) is 3.88. The van der Waals surface area contributed by atoms with Crippen LogP contribution in [-0.4, -0.2) is 0 Å². The molecule has 0 aromatic carbocycles. The first-order chi connectivity index (χ1) is 10.8. The van der Waals surface area contributed by atoms with Crippen LogP contribution in [0.2, 0.25) is 0 Å². The van der Waals surface area contributed by atoms with Crippen molar-refractivity contribution in [3.8, 4) is 0 Å². The fourth-order valence-electron chi connectivity index (χ4n) is 5.59. The average Bonchev–Trinajstić information content (AvgIpc) is 3.31. The van der Waals surface area contributed by atoms with Crippen molar-refractivity contribution in [3.63, 3.8) is 0 Å². The molecule has 1 radical (unpaired) electrons. The zero-order valence-electron chi connectivity index (χ0n) is 13.8. The summed E-state index contributed by atoms with van der Waals surface area (Å²) in [5, 5.41) is 0. The smallest absolute Gasteiger partial charge is 0.00102 e. The highest BCUT2D eigenvalue weighted by Gasteiger charge is 2.54. The normalized spacial score (nSPS) is 33.7. The molecular weight excluding hydrogens is 264 g/mol. The van der Waals surface area contributed by atoms with Gasteiger partial charge in [0.2, 0.25) is 0 Å². The van der Waals surface area contributed by atoms with Gasteiger partial charge < -0.3 is 0 Å². The molecule has 0 nitrogen and oxygen atoms in total. The lowest BCUT2D eigenvalue weighted by Crippen LogP contribution is -2.43. The fourth-order valence-corrected chi connectivity index (χ4v) is 5.59. The summed E-state index contributed by atoms with van der Waals surface area (Å²) in [4.78, 5) is 0. The maximum Gasteiger partial charge on any atom is -0.00102 e. The van der Waals surface area contributed by atoms with E-state index >= 15 is 0 Å². The molecule has 0 heterocycles. The second kappa shape index (κ2) is 5.87. The van der Waals surface area contributed by atoms with E-state index in [1.54, 1.807) is 5.57 Å². The number of hydrogen-bond donors (Lipinski definition) is 0. The van der Waals surface area contributed by atoms with Gasteiger partial charge in [-0.25, -0.2) is 0 Å². The summed E-state index contributed by atoms with van der Waals surface area (Å²) in [5.41, 5.74) is 2.59. The van der Waals surface area contributed by atoms with E-state index in [1.807, 2.05) is 5.92 Å². The molecule has 0 aromatic rings. The lowest BCUT2D eigenvalue weighted by Gasteiger charge is -2.52. The quantitative estimate of drug-likeness (QED) is 0.521. The molecule has 0 N–H and O–H groups in total. The van der Waals surface area contributed by atoms with Crippen molar-refractivity contribution in [2.45, 2.75) is 70.6 Å². The Bertz CT molecular complexity index is 522. The van der Waals surface area contributed by atoms with E-state index in [4.69, 9.17) is 0 Å². The molecule has 4 aliphatic rings. The van der Waals surface area contributed by atoms with Crippen molar-refractivity contribution >= 4 is 0 Å². The zero-order valence-corrected chi connectivity index (χ0v) is 13.8. The van der Waals surface area contributed by atoms with Crippen LogP contribution in [0.4, 0.5) is 0 Å². The molecule has 0 saturated heterocycles. The third-order valence-electron chi connectivity index (χ3n) is 6.74. The minimum atomic E-state index is 0.410. The molecule has 117 valence electrons. The van der Waals surface area contributed by atoms with E-state index in [-0.39, 0.29) is 0 Å². The topological polar surface area (TPSA) is 0 Å². The van der Waals surface area contributed by atoms with Gasteiger partial charge in [-0.3, -0.25) is 0 Å². The number of rotatable bonds is 4. The Morgan fingerprint density at radius 2 is 1.77 bits per heavy atom. The van der Waals surface area contributed by atoms with Crippen LogP contribution in [-0.2, 0) is 0 Å². The molecule has 0 fully saturated rings. The van der Waals surface area contributed by atoms with Gasteiger partial charge in [-0.15, -0.1) is 0 Å². The molecule has 0 aromatic heterocycles. The SMILES string of the molecule is C1=CC[C](C2(C3(CC4=CCCC4)C=CCC3)CC=CC2)CC1. The van der Waals surface area contributed by atoms with Gasteiger partial charge in [0.05, 0.1) is 0 Å². The summed E-state index contributed by atoms with van der Waals surface area (Å²) in [6, 6.07) is 0. The highest BCUT2D eigenvalue weighted by Crippen LogP contribution is 2.64. The fraction of sp³-hybridized carbons (Fsp3) is 0.591. The van der Waals surface area contributed by atoms with Crippen molar-refractivity contribution in [1.82, 2.24) is 0 Å². The molecule has 4 aliphatic carbocycles. The predicted octanol–water partition coefficient (Wildman–Crippen LogP) is 6.47. The molecule has 1 unspecified atom stereocenters. The predicted molar refractivity (Wildman–Crippen MR) is 94.4 cm³/mol. The Morgan fingerprint density at radius 1 is 0.864 bits per heavy atom. The Hall–Kier alpha value is -1.04. The lowest BCUT2D eigenvalue weighted by atomic mass is 9.52. The highest BCUT2D eigenvalue weighted by molar-refractivity contribution is 5.32. The monoisotopic (exact) mass is 293 g/mol. The maximum atomic E-state index is 2.64. The van der Waals surface area contributed by atoms with Gasteiger partial charge >= 0.3 is 0 Å².